The maximum Gasteiger partial charge on any atom is 0.232 e. The van der Waals surface area contributed by atoms with Crippen LogP contribution in [0.4, 0.5) is 11.4 Å². The summed E-state index contributed by atoms with van der Waals surface area (Å²) in [6, 6.07) is 10.1. The van der Waals surface area contributed by atoms with Crippen LogP contribution in [-0.2, 0) is 14.8 Å². The first-order chi connectivity index (χ1) is 13.1. The Labute approximate surface area is 175 Å². The number of rotatable bonds is 8. The Kier molecular flexibility index (Phi) is 7.57. The third kappa shape index (κ3) is 6.02. The number of benzene rings is 2. The zero-order valence-corrected chi connectivity index (χ0v) is 18.2. The Morgan fingerprint density at radius 2 is 1.86 bits per heavy atom. The van der Waals surface area contributed by atoms with E-state index in [1.807, 2.05) is 19.1 Å². The van der Waals surface area contributed by atoms with Gasteiger partial charge in [0, 0.05) is 13.0 Å². The highest BCUT2D eigenvalue weighted by Gasteiger charge is 2.19. The first-order valence-corrected chi connectivity index (χ1v) is 11.1. The van der Waals surface area contributed by atoms with Crippen molar-refractivity contribution in [2.75, 3.05) is 29.5 Å². The van der Waals surface area contributed by atoms with E-state index in [9.17, 15) is 13.2 Å². The standard InChI is InChI=1S/C19H22Cl2N2O4S/c1-13-6-9-18(27-2)17(11-13)22-19(24)5-4-10-23(28(3,25)26)14-7-8-15(20)16(21)12-14/h6-9,11-12H,4-5,10H2,1-3H3,(H,22,24). The van der Waals surface area contributed by atoms with Crippen LogP contribution in [-0.4, -0.2) is 34.2 Å². The van der Waals surface area contributed by atoms with Crippen molar-refractivity contribution < 1.29 is 17.9 Å². The van der Waals surface area contributed by atoms with Gasteiger partial charge in [-0.15, -0.1) is 0 Å². The van der Waals surface area contributed by atoms with Crippen LogP contribution < -0.4 is 14.4 Å². The number of carbonyl (C=O) groups is 1. The number of carbonyl (C=O) groups excluding carboxylic acids is 1. The number of ether oxygens (including phenoxy) is 1. The lowest BCUT2D eigenvalue weighted by atomic mass is 10.2. The molecular weight excluding hydrogens is 423 g/mol. The summed E-state index contributed by atoms with van der Waals surface area (Å²) in [5, 5.41) is 3.40. The molecule has 0 heterocycles. The zero-order valence-electron chi connectivity index (χ0n) is 15.8. The molecule has 152 valence electrons. The highest BCUT2D eigenvalue weighted by molar-refractivity contribution is 7.92. The van der Waals surface area contributed by atoms with Crippen molar-refractivity contribution >= 4 is 50.5 Å². The number of aryl methyl sites for hydroxylation is 1. The van der Waals surface area contributed by atoms with Crippen molar-refractivity contribution in [1.82, 2.24) is 0 Å². The maximum absolute atomic E-state index is 12.3. The average molecular weight is 445 g/mol. The van der Waals surface area contributed by atoms with E-state index in [4.69, 9.17) is 27.9 Å². The molecule has 0 radical (unpaired) electrons. The predicted octanol–water partition coefficient (Wildman–Crippen LogP) is 4.50. The topological polar surface area (TPSA) is 75.7 Å². The summed E-state index contributed by atoms with van der Waals surface area (Å²) in [6.07, 6.45) is 1.57. The van der Waals surface area contributed by atoms with Gasteiger partial charge in [-0.3, -0.25) is 9.10 Å². The third-order valence-corrected chi connectivity index (χ3v) is 5.92. The van der Waals surface area contributed by atoms with Crippen molar-refractivity contribution in [2.45, 2.75) is 19.8 Å². The van der Waals surface area contributed by atoms with E-state index in [1.54, 1.807) is 12.1 Å². The van der Waals surface area contributed by atoms with Gasteiger partial charge < -0.3 is 10.1 Å². The van der Waals surface area contributed by atoms with Gasteiger partial charge in [-0.1, -0.05) is 29.3 Å². The molecule has 28 heavy (non-hydrogen) atoms. The lowest BCUT2D eigenvalue weighted by Crippen LogP contribution is -2.31. The van der Waals surface area contributed by atoms with Gasteiger partial charge in [0.2, 0.25) is 15.9 Å². The summed E-state index contributed by atoms with van der Waals surface area (Å²) in [6.45, 7) is 2.05. The third-order valence-electron chi connectivity index (χ3n) is 3.99. The highest BCUT2D eigenvalue weighted by Crippen LogP contribution is 2.29. The van der Waals surface area contributed by atoms with Crippen molar-refractivity contribution in [3.05, 3.63) is 52.0 Å². The lowest BCUT2D eigenvalue weighted by molar-refractivity contribution is -0.116. The Bertz CT molecular complexity index is 964. The molecule has 0 saturated carbocycles. The Hall–Kier alpha value is -1.96. The molecule has 2 rings (SSSR count). The van der Waals surface area contributed by atoms with Gasteiger partial charge in [0.25, 0.3) is 0 Å². The van der Waals surface area contributed by atoms with Crippen LogP contribution >= 0.6 is 23.2 Å². The number of methoxy groups -OCH3 is 1. The van der Waals surface area contributed by atoms with E-state index >= 15 is 0 Å². The molecule has 2 aromatic carbocycles. The minimum atomic E-state index is -3.54. The average Bonchev–Trinajstić information content (AvgIpc) is 2.60. The molecule has 0 aromatic heterocycles. The van der Waals surface area contributed by atoms with Gasteiger partial charge in [0.15, 0.2) is 0 Å². The van der Waals surface area contributed by atoms with E-state index in [-0.39, 0.29) is 23.9 Å². The Morgan fingerprint density at radius 3 is 2.46 bits per heavy atom. The van der Waals surface area contributed by atoms with Crippen molar-refractivity contribution in [3.63, 3.8) is 0 Å². The summed E-state index contributed by atoms with van der Waals surface area (Å²) >= 11 is 11.9. The molecule has 0 aliphatic heterocycles. The molecule has 0 spiro atoms. The van der Waals surface area contributed by atoms with Crippen LogP contribution in [0.25, 0.3) is 0 Å². The molecular formula is C19H22Cl2N2O4S. The van der Waals surface area contributed by atoms with Crippen LogP contribution in [0.1, 0.15) is 18.4 Å². The molecule has 0 saturated heterocycles. The van der Waals surface area contributed by atoms with E-state index in [2.05, 4.69) is 5.32 Å². The van der Waals surface area contributed by atoms with Crippen molar-refractivity contribution in [3.8, 4) is 5.75 Å². The minimum absolute atomic E-state index is 0.134. The Morgan fingerprint density at radius 1 is 1.14 bits per heavy atom. The molecule has 1 amide bonds. The first-order valence-electron chi connectivity index (χ1n) is 8.49. The van der Waals surface area contributed by atoms with E-state index < -0.39 is 10.0 Å². The minimum Gasteiger partial charge on any atom is -0.495 e. The van der Waals surface area contributed by atoms with Gasteiger partial charge >= 0.3 is 0 Å². The fourth-order valence-electron chi connectivity index (χ4n) is 2.64. The maximum atomic E-state index is 12.3. The molecule has 0 atom stereocenters. The second-order valence-corrected chi connectivity index (χ2v) is 9.01. The van der Waals surface area contributed by atoms with Crippen molar-refractivity contribution in [2.24, 2.45) is 0 Å². The summed E-state index contributed by atoms with van der Waals surface area (Å²) < 4.78 is 30.7. The molecule has 0 bridgehead atoms. The molecule has 9 heteroatoms. The zero-order chi connectivity index (χ0) is 20.9. The summed E-state index contributed by atoms with van der Waals surface area (Å²) in [7, 11) is -2.01. The quantitative estimate of drug-likeness (QED) is 0.650. The molecule has 0 aliphatic carbocycles. The number of sulfonamides is 1. The molecule has 0 unspecified atom stereocenters. The van der Waals surface area contributed by atoms with E-state index in [0.29, 0.717) is 28.6 Å². The van der Waals surface area contributed by atoms with Gasteiger partial charge in [-0.2, -0.15) is 0 Å². The predicted molar refractivity (Wildman–Crippen MR) is 114 cm³/mol. The van der Waals surface area contributed by atoms with Crippen LogP contribution in [0.2, 0.25) is 10.0 Å². The largest absolute Gasteiger partial charge is 0.495 e. The summed E-state index contributed by atoms with van der Waals surface area (Å²) in [5.41, 5.74) is 1.97. The summed E-state index contributed by atoms with van der Waals surface area (Å²) in [4.78, 5) is 12.3. The monoisotopic (exact) mass is 444 g/mol. The SMILES string of the molecule is COc1ccc(C)cc1NC(=O)CCCN(c1ccc(Cl)c(Cl)c1)S(C)(=O)=O. The number of anilines is 2. The fraction of sp³-hybridized carbons (Fsp3) is 0.316. The second kappa shape index (κ2) is 9.49. The van der Waals surface area contributed by atoms with Crippen LogP contribution in [0.3, 0.4) is 0 Å². The van der Waals surface area contributed by atoms with Crippen LogP contribution in [0.15, 0.2) is 36.4 Å². The number of hydrogen-bond donors (Lipinski definition) is 1. The number of amides is 1. The van der Waals surface area contributed by atoms with Gasteiger partial charge in [-0.05, 0) is 49.2 Å². The molecule has 2 aromatic rings. The Balaban J connectivity index is 2.03. The van der Waals surface area contributed by atoms with E-state index in [1.165, 1.54) is 23.5 Å². The number of nitrogens with zero attached hydrogens (tertiary/aromatic N) is 1. The first kappa shape index (κ1) is 22.3. The normalized spacial score (nSPS) is 11.2. The van der Waals surface area contributed by atoms with Crippen LogP contribution in [0, 0.1) is 6.92 Å². The molecule has 0 fully saturated rings. The number of hydrogen-bond acceptors (Lipinski definition) is 4. The van der Waals surface area contributed by atoms with E-state index in [0.717, 1.165) is 11.8 Å². The molecule has 1 N–H and O–H groups in total. The smallest absolute Gasteiger partial charge is 0.232 e. The number of halogens is 2. The van der Waals surface area contributed by atoms with Gasteiger partial charge in [0.1, 0.15) is 5.75 Å². The van der Waals surface area contributed by atoms with Gasteiger partial charge in [0.05, 0.1) is 34.8 Å². The summed E-state index contributed by atoms with van der Waals surface area (Å²) in [5.74, 6) is 0.332. The van der Waals surface area contributed by atoms with Gasteiger partial charge in [-0.25, -0.2) is 8.42 Å². The van der Waals surface area contributed by atoms with Crippen molar-refractivity contribution in [1.29, 1.82) is 0 Å². The molecule has 6 nitrogen and oxygen atoms in total. The number of nitrogens with one attached hydrogen (secondary N) is 1. The highest BCUT2D eigenvalue weighted by atomic mass is 35.5. The fourth-order valence-corrected chi connectivity index (χ4v) is 3.89. The molecule has 0 aliphatic rings. The second-order valence-electron chi connectivity index (χ2n) is 6.29. The lowest BCUT2D eigenvalue weighted by Gasteiger charge is -2.22. The van der Waals surface area contributed by atoms with Crippen LogP contribution in [0.5, 0.6) is 5.75 Å².